The number of aryl methyl sites for hydroxylation is 1. The zero-order chi connectivity index (χ0) is 21.9. The van der Waals surface area contributed by atoms with Gasteiger partial charge in [-0.3, -0.25) is 29.3 Å². The summed E-state index contributed by atoms with van der Waals surface area (Å²) in [5, 5.41) is 24.5. The summed E-state index contributed by atoms with van der Waals surface area (Å²) in [6.45, 7) is 2.34. The molecule has 0 unspecified atom stereocenters. The van der Waals surface area contributed by atoms with Gasteiger partial charge in [0.25, 0.3) is 11.4 Å². The van der Waals surface area contributed by atoms with Gasteiger partial charge in [-0.05, 0) is 25.5 Å². The molecule has 154 valence electrons. The molecule has 0 aliphatic rings. The van der Waals surface area contributed by atoms with Crippen LogP contribution in [0.15, 0.2) is 36.4 Å². The van der Waals surface area contributed by atoms with Crippen LogP contribution in [0.1, 0.15) is 11.1 Å². The Morgan fingerprint density at radius 1 is 1.10 bits per heavy atom. The van der Waals surface area contributed by atoms with E-state index in [1.54, 1.807) is 6.92 Å². The molecule has 0 spiro atoms. The summed E-state index contributed by atoms with van der Waals surface area (Å²) in [5.41, 5.74) is 0.260. The largest absolute Gasteiger partial charge is 0.324 e. The number of amides is 1. The van der Waals surface area contributed by atoms with Gasteiger partial charge in [-0.1, -0.05) is 12.1 Å². The quantitative estimate of drug-likeness (QED) is 0.531. The Bertz CT molecular complexity index is 1100. The number of hydrogen-bond acceptors (Lipinski definition) is 7. The molecule has 0 saturated carbocycles. The Morgan fingerprint density at radius 2 is 1.76 bits per heavy atom. The lowest BCUT2D eigenvalue weighted by Gasteiger charge is -2.23. The molecule has 1 amide bonds. The highest BCUT2D eigenvalue weighted by atomic mass is 32.2. The lowest BCUT2D eigenvalue weighted by atomic mass is 10.1. The standard InChI is InChI=1S/C17H18N4O7S/c1-11-7-8-13(20(23)24)9-16(11)19(29(3,27)28)10-17(22)18-14-5-4-6-15(12(14)2)21(25)26/h4-9H,10H2,1-3H3,(H,18,22). The summed E-state index contributed by atoms with van der Waals surface area (Å²) < 4.78 is 25.2. The Morgan fingerprint density at radius 3 is 2.31 bits per heavy atom. The summed E-state index contributed by atoms with van der Waals surface area (Å²) >= 11 is 0. The van der Waals surface area contributed by atoms with Gasteiger partial charge in [-0.25, -0.2) is 8.42 Å². The second-order valence-electron chi connectivity index (χ2n) is 6.25. The number of benzene rings is 2. The fraction of sp³-hybridized carbons (Fsp3) is 0.235. The number of nitrogens with one attached hydrogen (secondary N) is 1. The Hall–Kier alpha value is -3.54. The lowest BCUT2D eigenvalue weighted by Crippen LogP contribution is -2.38. The molecular weight excluding hydrogens is 404 g/mol. The van der Waals surface area contributed by atoms with Crippen molar-refractivity contribution >= 4 is 38.7 Å². The number of hydrogen-bond donors (Lipinski definition) is 1. The van der Waals surface area contributed by atoms with E-state index in [1.807, 2.05) is 0 Å². The molecule has 0 fully saturated rings. The van der Waals surface area contributed by atoms with Crippen LogP contribution in [0.4, 0.5) is 22.7 Å². The number of nitrogens with zero attached hydrogens (tertiary/aromatic N) is 3. The van der Waals surface area contributed by atoms with Crippen LogP contribution in [0, 0.1) is 34.1 Å². The number of carbonyl (C=O) groups is 1. The molecule has 12 heteroatoms. The monoisotopic (exact) mass is 422 g/mol. The summed E-state index contributed by atoms with van der Waals surface area (Å²) in [5.74, 6) is -0.759. The number of carbonyl (C=O) groups excluding carboxylic acids is 1. The number of nitro benzene ring substituents is 2. The first kappa shape index (κ1) is 21.8. The van der Waals surface area contributed by atoms with Crippen molar-refractivity contribution in [1.82, 2.24) is 0 Å². The van der Waals surface area contributed by atoms with Crippen LogP contribution in [0.2, 0.25) is 0 Å². The van der Waals surface area contributed by atoms with Crippen molar-refractivity contribution in [2.24, 2.45) is 0 Å². The van der Waals surface area contributed by atoms with Crippen molar-refractivity contribution in [2.45, 2.75) is 13.8 Å². The number of anilines is 2. The molecule has 0 heterocycles. The van der Waals surface area contributed by atoms with Gasteiger partial charge in [0.2, 0.25) is 15.9 Å². The second-order valence-corrected chi connectivity index (χ2v) is 8.16. The molecule has 0 saturated heterocycles. The maximum Gasteiger partial charge on any atom is 0.274 e. The van der Waals surface area contributed by atoms with Crippen molar-refractivity contribution in [3.05, 3.63) is 67.8 Å². The van der Waals surface area contributed by atoms with Crippen molar-refractivity contribution < 1.29 is 23.1 Å². The number of nitro groups is 2. The van der Waals surface area contributed by atoms with Crippen molar-refractivity contribution in [3.63, 3.8) is 0 Å². The highest BCUT2D eigenvalue weighted by Crippen LogP contribution is 2.28. The van der Waals surface area contributed by atoms with Crippen molar-refractivity contribution in [1.29, 1.82) is 0 Å². The highest BCUT2D eigenvalue weighted by molar-refractivity contribution is 7.92. The van der Waals surface area contributed by atoms with Gasteiger partial charge in [0.05, 0.1) is 33.0 Å². The average Bonchev–Trinajstić information content (AvgIpc) is 2.60. The van der Waals surface area contributed by atoms with Gasteiger partial charge >= 0.3 is 0 Å². The van der Waals surface area contributed by atoms with E-state index in [0.717, 1.165) is 16.6 Å². The third-order valence-electron chi connectivity index (χ3n) is 4.14. The molecule has 29 heavy (non-hydrogen) atoms. The highest BCUT2D eigenvalue weighted by Gasteiger charge is 2.25. The first-order valence-corrected chi connectivity index (χ1v) is 10.0. The molecule has 2 rings (SSSR count). The molecule has 0 bridgehead atoms. The molecule has 0 radical (unpaired) electrons. The van der Waals surface area contributed by atoms with Gasteiger partial charge < -0.3 is 5.32 Å². The smallest absolute Gasteiger partial charge is 0.274 e. The summed E-state index contributed by atoms with van der Waals surface area (Å²) in [6, 6.07) is 7.80. The van der Waals surface area contributed by atoms with Crippen LogP contribution in [0.5, 0.6) is 0 Å². The minimum atomic E-state index is -3.96. The Labute approximate surface area is 166 Å². The second kappa shape index (κ2) is 8.22. The van der Waals surface area contributed by atoms with Crippen LogP contribution in [0.3, 0.4) is 0 Å². The van der Waals surface area contributed by atoms with Gasteiger partial charge in [0.1, 0.15) is 6.54 Å². The number of non-ortho nitro benzene ring substituents is 1. The molecule has 2 aromatic rings. The topological polar surface area (TPSA) is 153 Å². The zero-order valence-corrected chi connectivity index (χ0v) is 16.6. The van der Waals surface area contributed by atoms with E-state index < -0.39 is 32.3 Å². The fourth-order valence-electron chi connectivity index (χ4n) is 2.64. The molecule has 0 aliphatic heterocycles. The average molecular weight is 422 g/mol. The van der Waals surface area contributed by atoms with Gasteiger partial charge in [0.15, 0.2) is 0 Å². The van der Waals surface area contributed by atoms with E-state index in [1.165, 1.54) is 37.3 Å². The van der Waals surface area contributed by atoms with Crippen molar-refractivity contribution in [3.8, 4) is 0 Å². The van der Waals surface area contributed by atoms with Crippen molar-refractivity contribution in [2.75, 3.05) is 22.4 Å². The van der Waals surface area contributed by atoms with E-state index in [0.29, 0.717) is 5.56 Å². The van der Waals surface area contributed by atoms with Crippen LogP contribution in [0.25, 0.3) is 0 Å². The van der Waals surface area contributed by atoms with E-state index >= 15 is 0 Å². The fourth-order valence-corrected chi connectivity index (χ4v) is 3.54. The van der Waals surface area contributed by atoms with Gasteiger partial charge in [-0.2, -0.15) is 0 Å². The lowest BCUT2D eigenvalue weighted by molar-refractivity contribution is -0.385. The third kappa shape index (κ3) is 5.04. The van der Waals surface area contributed by atoms with Crippen LogP contribution in [-0.4, -0.2) is 37.0 Å². The molecule has 0 aromatic heterocycles. The maximum absolute atomic E-state index is 12.5. The predicted octanol–water partition coefficient (Wildman–Crippen LogP) is 2.52. The van der Waals surface area contributed by atoms with E-state index in [2.05, 4.69) is 5.32 Å². The molecule has 0 aliphatic carbocycles. The normalized spacial score (nSPS) is 11.0. The number of rotatable bonds is 7. The molecule has 11 nitrogen and oxygen atoms in total. The SMILES string of the molecule is Cc1ccc([N+](=O)[O-])cc1N(CC(=O)Nc1cccc([N+](=O)[O-])c1C)S(C)(=O)=O. The van der Waals surface area contributed by atoms with Crippen LogP contribution in [-0.2, 0) is 14.8 Å². The van der Waals surface area contributed by atoms with E-state index in [9.17, 15) is 33.4 Å². The minimum absolute atomic E-state index is 0.00684. The van der Waals surface area contributed by atoms with E-state index in [-0.39, 0.29) is 28.3 Å². The maximum atomic E-state index is 12.5. The van der Waals surface area contributed by atoms with Crippen LogP contribution >= 0.6 is 0 Å². The predicted molar refractivity (Wildman–Crippen MR) is 106 cm³/mol. The van der Waals surface area contributed by atoms with E-state index in [4.69, 9.17) is 0 Å². The zero-order valence-electron chi connectivity index (χ0n) is 15.8. The first-order chi connectivity index (χ1) is 13.4. The molecule has 1 N–H and O–H groups in total. The number of sulfonamides is 1. The van der Waals surface area contributed by atoms with Gasteiger partial charge in [-0.15, -0.1) is 0 Å². The molecular formula is C17H18N4O7S. The summed E-state index contributed by atoms with van der Waals surface area (Å²) in [7, 11) is -3.96. The molecule has 2 aromatic carbocycles. The third-order valence-corrected chi connectivity index (χ3v) is 5.26. The summed E-state index contributed by atoms with van der Waals surface area (Å²) in [4.78, 5) is 33.3. The van der Waals surface area contributed by atoms with Crippen LogP contribution < -0.4 is 9.62 Å². The van der Waals surface area contributed by atoms with Gasteiger partial charge in [0, 0.05) is 18.2 Å². The Balaban J connectivity index is 2.37. The first-order valence-electron chi connectivity index (χ1n) is 8.18. The Kier molecular flexibility index (Phi) is 6.17. The summed E-state index contributed by atoms with van der Waals surface area (Å²) in [6.07, 6.45) is 0.872. The minimum Gasteiger partial charge on any atom is -0.324 e. The molecule has 0 atom stereocenters.